The SMILES string of the molecule is CCOC(c1cc(F)cc(-c2cc(N)nn2-c2ccccc2)c1)C(C)C(F)(F)F. The van der Waals surface area contributed by atoms with Crippen molar-refractivity contribution < 1.29 is 22.3 Å². The van der Waals surface area contributed by atoms with Crippen LogP contribution < -0.4 is 5.73 Å². The van der Waals surface area contributed by atoms with Gasteiger partial charge in [-0.2, -0.15) is 18.3 Å². The van der Waals surface area contributed by atoms with Crippen LogP contribution in [0.25, 0.3) is 16.9 Å². The number of nitrogen functional groups attached to an aromatic ring is 1. The zero-order valence-electron chi connectivity index (χ0n) is 15.9. The third-order valence-corrected chi connectivity index (χ3v) is 4.59. The van der Waals surface area contributed by atoms with Crippen molar-refractivity contribution in [3.8, 4) is 16.9 Å². The van der Waals surface area contributed by atoms with Gasteiger partial charge in [-0.3, -0.25) is 0 Å². The van der Waals surface area contributed by atoms with Crippen LogP contribution in [0.2, 0.25) is 0 Å². The molecule has 0 bridgehead atoms. The molecule has 4 nitrogen and oxygen atoms in total. The van der Waals surface area contributed by atoms with Crippen LogP contribution in [0.4, 0.5) is 23.4 Å². The van der Waals surface area contributed by atoms with E-state index in [-0.39, 0.29) is 18.0 Å². The van der Waals surface area contributed by atoms with Crippen LogP contribution in [0.5, 0.6) is 0 Å². The highest BCUT2D eigenvalue weighted by atomic mass is 19.4. The maximum Gasteiger partial charge on any atom is 0.394 e. The molecule has 2 atom stereocenters. The minimum Gasteiger partial charge on any atom is -0.382 e. The maximum absolute atomic E-state index is 14.4. The first-order valence-corrected chi connectivity index (χ1v) is 9.11. The van der Waals surface area contributed by atoms with E-state index in [9.17, 15) is 17.6 Å². The van der Waals surface area contributed by atoms with E-state index in [1.54, 1.807) is 25.1 Å². The van der Waals surface area contributed by atoms with E-state index in [1.165, 1.54) is 16.8 Å². The van der Waals surface area contributed by atoms with Gasteiger partial charge in [-0.1, -0.05) is 25.1 Å². The summed E-state index contributed by atoms with van der Waals surface area (Å²) in [6.45, 7) is 2.68. The molecule has 154 valence electrons. The van der Waals surface area contributed by atoms with Gasteiger partial charge < -0.3 is 10.5 Å². The molecule has 2 N–H and O–H groups in total. The third-order valence-electron chi connectivity index (χ3n) is 4.59. The van der Waals surface area contributed by atoms with Crippen LogP contribution in [0.15, 0.2) is 54.6 Å². The number of nitrogens with zero attached hydrogens (tertiary/aromatic N) is 2. The van der Waals surface area contributed by atoms with E-state index in [2.05, 4.69) is 5.10 Å². The summed E-state index contributed by atoms with van der Waals surface area (Å²) in [6.07, 6.45) is -5.82. The number of anilines is 1. The highest BCUT2D eigenvalue weighted by molar-refractivity contribution is 5.66. The molecular weight excluding hydrogens is 386 g/mol. The van der Waals surface area contributed by atoms with Crippen molar-refractivity contribution >= 4 is 5.82 Å². The Hall–Kier alpha value is -2.87. The van der Waals surface area contributed by atoms with Crippen LogP contribution in [-0.4, -0.2) is 22.6 Å². The zero-order valence-corrected chi connectivity index (χ0v) is 15.9. The average Bonchev–Trinajstić information content (AvgIpc) is 3.07. The highest BCUT2D eigenvalue weighted by Crippen LogP contribution is 2.39. The van der Waals surface area contributed by atoms with Gasteiger partial charge in [0.25, 0.3) is 0 Å². The first-order valence-electron chi connectivity index (χ1n) is 9.11. The Bertz CT molecular complexity index is 970. The predicted octanol–water partition coefficient (Wildman–Crippen LogP) is 5.54. The lowest BCUT2D eigenvalue weighted by molar-refractivity contribution is -0.202. The van der Waals surface area contributed by atoms with Crippen molar-refractivity contribution in [2.75, 3.05) is 12.3 Å². The Balaban J connectivity index is 2.11. The van der Waals surface area contributed by atoms with Crippen molar-refractivity contribution in [2.45, 2.75) is 26.1 Å². The number of hydrogen-bond acceptors (Lipinski definition) is 3. The van der Waals surface area contributed by atoms with E-state index in [4.69, 9.17) is 10.5 Å². The number of benzene rings is 2. The van der Waals surface area contributed by atoms with Crippen LogP contribution >= 0.6 is 0 Å². The largest absolute Gasteiger partial charge is 0.394 e. The van der Waals surface area contributed by atoms with Crippen molar-refractivity contribution in [1.29, 1.82) is 0 Å². The number of hydrogen-bond donors (Lipinski definition) is 1. The number of nitrogens with two attached hydrogens (primary N) is 1. The van der Waals surface area contributed by atoms with E-state index >= 15 is 0 Å². The lowest BCUT2D eigenvalue weighted by Crippen LogP contribution is -2.28. The lowest BCUT2D eigenvalue weighted by Gasteiger charge is -2.26. The van der Waals surface area contributed by atoms with Gasteiger partial charge >= 0.3 is 6.18 Å². The Morgan fingerprint density at radius 2 is 1.79 bits per heavy atom. The first-order chi connectivity index (χ1) is 13.7. The number of rotatable bonds is 6. The topological polar surface area (TPSA) is 53.1 Å². The van der Waals surface area contributed by atoms with Gasteiger partial charge in [0, 0.05) is 18.2 Å². The van der Waals surface area contributed by atoms with Gasteiger partial charge in [0.1, 0.15) is 11.6 Å². The monoisotopic (exact) mass is 407 g/mol. The molecule has 2 unspecified atom stereocenters. The van der Waals surface area contributed by atoms with Crippen LogP contribution in [0.3, 0.4) is 0 Å². The highest BCUT2D eigenvalue weighted by Gasteiger charge is 2.42. The molecule has 0 fully saturated rings. The zero-order chi connectivity index (χ0) is 21.2. The Labute approximate surface area is 165 Å². The molecule has 1 aromatic heterocycles. The van der Waals surface area contributed by atoms with Crippen molar-refractivity contribution in [1.82, 2.24) is 9.78 Å². The van der Waals surface area contributed by atoms with Gasteiger partial charge in [0.2, 0.25) is 0 Å². The van der Waals surface area contributed by atoms with Crippen molar-refractivity contribution in [3.63, 3.8) is 0 Å². The normalized spacial score (nSPS) is 14.0. The average molecular weight is 407 g/mol. The Morgan fingerprint density at radius 3 is 2.41 bits per heavy atom. The molecule has 29 heavy (non-hydrogen) atoms. The summed E-state index contributed by atoms with van der Waals surface area (Å²) in [6, 6.07) is 14.4. The number of para-hydroxylation sites is 1. The van der Waals surface area contributed by atoms with E-state index in [0.717, 1.165) is 13.0 Å². The van der Waals surface area contributed by atoms with E-state index in [1.807, 2.05) is 18.2 Å². The Morgan fingerprint density at radius 1 is 1.10 bits per heavy atom. The van der Waals surface area contributed by atoms with Gasteiger partial charge in [-0.15, -0.1) is 0 Å². The fourth-order valence-corrected chi connectivity index (χ4v) is 3.18. The van der Waals surface area contributed by atoms with E-state index < -0.39 is 24.0 Å². The molecule has 0 aliphatic rings. The van der Waals surface area contributed by atoms with Gasteiger partial charge in [0.05, 0.1) is 23.4 Å². The summed E-state index contributed by atoms with van der Waals surface area (Å²) in [5.74, 6) is -2.27. The van der Waals surface area contributed by atoms with Crippen LogP contribution in [-0.2, 0) is 4.74 Å². The van der Waals surface area contributed by atoms with Gasteiger partial charge in [0.15, 0.2) is 0 Å². The third kappa shape index (κ3) is 4.59. The molecule has 0 saturated carbocycles. The summed E-state index contributed by atoms with van der Waals surface area (Å²) in [5, 5.41) is 4.23. The summed E-state index contributed by atoms with van der Waals surface area (Å²) in [4.78, 5) is 0. The molecule has 1 heterocycles. The molecule has 8 heteroatoms. The minimum atomic E-state index is -4.48. The number of aromatic nitrogens is 2. The summed E-state index contributed by atoms with van der Waals surface area (Å²) < 4.78 is 61.2. The number of alkyl halides is 3. The molecule has 0 spiro atoms. The van der Waals surface area contributed by atoms with Gasteiger partial charge in [-0.05, 0) is 42.8 Å². The maximum atomic E-state index is 14.4. The summed E-state index contributed by atoms with van der Waals surface area (Å²) >= 11 is 0. The van der Waals surface area contributed by atoms with Crippen molar-refractivity contribution in [2.24, 2.45) is 5.92 Å². The summed E-state index contributed by atoms with van der Waals surface area (Å²) in [7, 11) is 0. The molecule has 3 aromatic rings. The molecular formula is C21H21F4N3O. The number of ether oxygens (including phenoxy) is 1. The fraction of sp³-hybridized carbons (Fsp3) is 0.286. The van der Waals surface area contributed by atoms with Crippen molar-refractivity contribution in [3.05, 3.63) is 66.0 Å². The molecule has 0 aliphatic heterocycles. The molecule has 0 saturated heterocycles. The second-order valence-corrected chi connectivity index (χ2v) is 6.68. The molecule has 2 aromatic carbocycles. The molecule has 0 radical (unpaired) electrons. The first kappa shape index (κ1) is 20.9. The number of halogens is 4. The van der Waals surface area contributed by atoms with Crippen LogP contribution in [0.1, 0.15) is 25.5 Å². The van der Waals surface area contributed by atoms with E-state index in [0.29, 0.717) is 16.9 Å². The second kappa shape index (κ2) is 8.24. The van der Waals surface area contributed by atoms with Crippen LogP contribution in [0, 0.1) is 11.7 Å². The van der Waals surface area contributed by atoms with Gasteiger partial charge in [-0.25, -0.2) is 9.07 Å². The Kier molecular flexibility index (Phi) is 5.93. The summed E-state index contributed by atoms with van der Waals surface area (Å²) in [5.41, 5.74) is 7.45. The predicted molar refractivity (Wildman–Crippen MR) is 103 cm³/mol. The quantitative estimate of drug-likeness (QED) is 0.546. The molecule has 0 amide bonds. The molecule has 0 aliphatic carbocycles. The smallest absolute Gasteiger partial charge is 0.382 e. The minimum absolute atomic E-state index is 0.0613. The molecule has 3 rings (SSSR count). The second-order valence-electron chi connectivity index (χ2n) is 6.68. The lowest BCUT2D eigenvalue weighted by atomic mass is 9.94. The standard InChI is InChI=1S/C21H21F4N3O/c1-3-29-20(13(2)21(23,24)25)15-9-14(10-16(22)11-15)18-12-19(26)27-28(18)17-7-5-4-6-8-17/h4-13,20H,3H2,1-2H3,(H2,26,27). The fourth-order valence-electron chi connectivity index (χ4n) is 3.18.